The van der Waals surface area contributed by atoms with E-state index in [1.165, 1.54) is 12.8 Å². The van der Waals surface area contributed by atoms with Gasteiger partial charge in [-0.1, -0.05) is 15.9 Å². The molecule has 2 aliphatic rings. The SMILES string of the molecule is Brc1ccc(OC2CC3CCC(C2)N3)cc1. The van der Waals surface area contributed by atoms with Crippen LogP contribution in [0.15, 0.2) is 28.7 Å². The Morgan fingerprint density at radius 1 is 1.06 bits per heavy atom. The smallest absolute Gasteiger partial charge is 0.119 e. The summed E-state index contributed by atoms with van der Waals surface area (Å²) in [5, 5.41) is 3.63. The van der Waals surface area contributed by atoms with Crippen LogP contribution in [0.4, 0.5) is 0 Å². The highest BCUT2D eigenvalue weighted by molar-refractivity contribution is 9.10. The number of halogens is 1. The van der Waals surface area contributed by atoms with Gasteiger partial charge in [0.05, 0.1) is 0 Å². The molecule has 16 heavy (non-hydrogen) atoms. The Morgan fingerprint density at radius 2 is 1.69 bits per heavy atom. The molecule has 1 aromatic carbocycles. The van der Waals surface area contributed by atoms with Crippen LogP contribution >= 0.6 is 15.9 Å². The van der Waals surface area contributed by atoms with E-state index in [-0.39, 0.29) is 0 Å². The minimum atomic E-state index is 0.403. The van der Waals surface area contributed by atoms with E-state index in [1.807, 2.05) is 24.3 Å². The fraction of sp³-hybridized carbons (Fsp3) is 0.538. The molecular formula is C13H16BrNO. The van der Waals surface area contributed by atoms with Crippen LogP contribution in [0.2, 0.25) is 0 Å². The molecule has 2 aliphatic heterocycles. The van der Waals surface area contributed by atoms with Gasteiger partial charge in [-0.3, -0.25) is 0 Å². The number of nitrogens with one attached hydrogen (secondary N) is 1. The predicted molar refractivity (Wildman–Crippen MR) is 67.7 cm³/mol. The molecule has 0 spiro atoms. The molecule has 2 unspecified atom stereocenters. The van der Waals surface area contributed by atoms with E-state index in [2.05, 4.69) is 21.2 Å². The number of rotatable bonds is 2. The normalized spacial score (nSPS) is 32.7. The van der Waals surface area contributed by atoms with E-state index >= 15 is 0 Å². The summed E-state index contributed by atoms with van der Waals surface area (Å²) >= 11 is 3.43. The third-order valence-corrected chi connectivity index (χ3v) is 4.07. The third-order valence-electron chi connectivity index (χ3n) is 3.55. The second-order valence-electron chi connectivity index (χ2n) is 4.80. The Kier molecular flexibility index (Phi) is 2.90. The first-order valence-electron chi connectivity index (χ1n) is 5.98. The van der Waals surface area contributed by atoms with Crippen molar-refractivity contribution in [2.45, 2.75) is 43.9 Å². The van der Waals surface area contributed by atoms with Gasteiger partial charge in [0.1, 0.15) is 11.9 Å². The highest BCUT2D eigenvalue weighted by Gasteiger charge is 2.34. The first kappa shape index (κ1) is 10.6. The number of piperidine rings is 1. The van der Waals surface area contributed by atoms with Crippen LogP contribution in [-0.4, -0.2) is 18.2 Å². The van der Waals surface area contributed by atoms with Gasteiger partial charge in [0, 0.05) is 16.6 Å². The van der Waals surface area contributed by atoms with Gasteiger partial charge in [0.15, 0.2) is 0 Å². The van der Waals surface area contributed by atoms with Gasteiger partial charge in [0.2, 0.25) is 0 Å². The van der Waals surface area contributed by atoms with Gasteiger partial charge in [0.25, 0.3) is 0 Å². The molecule has 2 atom stereocenters. The van der Waals surface area contributed by atoms with Crippen LogP contribution in [0.25, 0.3) is 0 Å². The number of hydrogen-bond acceptors (Lipinski definition) is 2. The number of fused-ring (bicyclic) bond motifs is 2. The molecule has 86 valence electrons. The Hall–Kier alpha value is -0.540. The molecule has 2 saturated heterocycles. The maximum absolute atomic E-state index is 6.03. The summed E-state index contributed by atoms with van der Waals surface area (Å²) in [5.74, 6) is 0.995. The Balaban J connectivity index is 1.64. The minimum absolute atomic E-state index is 0.403. The van der Waals surface area contributed by atoms with E-state index in [0.29, 0.717) is 18.2 Å². The van der Waals surface area contributed by atoms with Gasteiger partial charge >= 0.3 is 0 Å². The summed E-state index contributed by atoms with van der Waals surface area (Å²) in [6.45, 7) is 0. The van der Waals surface area contributed by atoms with Crippen molar-refractivity contribution in [2.75, 3.05) is 0 Å². The summed E-state index contributed by atoms with van der Waals surface area (Å²) in [5.41, 5.74) is 0. The Bertz CT molecular complexity index is 353. The molecule has 3 heteroatoms. The van der Waals surface area contributed by atoms with Crippen molar-refractivity contribution in [3.8, 4) is 5.75 Å². The van der Waals surface area contributed by atoms with Gasteiger partial charge in [-0.25, -0.2) is 0 Å². The molecule has 1 aromatic rings. The lowest BCUT2D eigenvalue weighted by atomic mass is 10.0. The molecular weight excluding hydrogens is 266 g/mol. The van der Waals surface area contributed by atoms with Crippen molar-refractivity contribution in [3.63, 3.8) is 0 Å². The number of ether oxygens (including phenoxy) is 1. The van der Waals surface area contributed by atoms with Crippen LogP contribution < -0.4 is 10.1 Å². The van der Waals surface area contributed by atoms with Crippen LogP contribution in [-0.2, 0) is 0 Å². The first-order valence-corrected chi connectivity index (χ1v) is 6.77. The summed E-state index contributed by atoms with van der Waals surface area (Å²) in [6, 6.07) is 9.52. The summed E-state index contributed by atoms with van der Waals surface area (Å²) in [7, 11) is 0. The van der Waals surface area contributed by atoms with E-state index in [1.54, 1.807) is 0 Å². The molecule has 0 radical (unpaired) electrons. The van der Waals surface area contributed by atoms with Crippen LogP contribution in [0, 0.1) is 0 Å². The molecule has 3 rings (SSSR count). The zero-order chi connectivity index (χ0) is 11.0. The molecule has 0 amide bonds. The highest BCUT2D eigenvalue weighted by Crippen LogP contribution is 2.29. The lowest BCUT2D eigenvalue weighted by Crippen LogP contribution is -2.42. The van der Waals surface area contributed by atoms with Gasteiger partial charge in [-0.05, 0) is 49.9 Å². The highest BCUT2D eigenvalue weighted by atomic mass is 79.9. The number of benzene rings is 1. The van der Waals surface area contributed by atoms with E-state index < -0.39 is 0 Å². The molecule has 0 saturated carbocycles. The molecule has 2 nitrogen and oxygen atoms in total. The van der Waals surface area contributed by atoms with E-state index in [4.69, 9.17) is 4.74 Å². The Morgan fingerprint density at radius 3 is 2.31 bits per heavy atom. The minimum Gasteiger partial charge on any atom is -0.490 e. The summed E-state index contributed by atoms with van der Waals surface area (Å²) < 4.78 is 7.13. The lowest BCUT2D eigenvalue weighted by Gasteiger charge is -2.29. The van der Waals surface area contributed by atoms with E-state index in [0.717, 1.165) is 23.1 Å². The second-order valence-corrected chi connectivity index (χ2v) is 5.72. The fourth-order valence-corrected chi connectivity index (χ4v) is 3.07. The van der Waals surface area contributed by atoms with Gasteiger partial charge in [-0.2, -0.15) is 0 Å². The molecule has 2 fully saturated rings. The van der Waals surface area contributed by atoms with Crippen molar-refractivity contribution in [2.24, 2.45) is 0 Å². The monoisotopic (exact) mass is 281 g/mol. The Labute approximate surface area is 105 Å². The predicted octanol–water partition coefficient (Wildman–Crippen LogP) is 3.11. The van der Waals surface area contributed by atoms with Crippen molar-refractivity contribution < 1.29 is 4.74 Å². The average Bonchev–Trinajstić information content (AvgIpc) is 2.62. The maximum Gasteiger partial charge on any atom is 0.119 e. The summed E-state index contributed by atoms with van der Waals surface area (Å²) in [6.07, 6.45) is 5.37. The van der Waals surface area contributed by atoms with E-state index in [9.17, 15) is 0 Å². The van der Waals surface area contributed by atoms with Gasteiger partial charge in [-0.15, -0.1) is 0 Å². The first-order chi connectivity index (χ1) is 7.79. The van der Waals surface area contributed by atoms with Crippen LogP contribution in [0.5, 0.6) is 5.75 Å². The van der Waals surface area contributed by atoms with Crippen molar-refractivity contribution in [3.05, 3.63) is 28.7 Å². The van der Waals surface area contributed by atoms with Crippen LogP contribution in [0.3, 0.4) is 0 Å². The summed E-state index contributed by atoms with van der Waals surface area (Å²) in [4.78, 5) is 0. The molecule has 0 aromatic heterocycles. The lowest BCUT2D eigenvalue weighted by molar-refractivity contribution is 0.137. The largest absolute Gasteiger partial charge is 0.490 e. The third kappa shape index (κ3) is 2.25. The number of hydrogen-bond donors (Lipinski definition) is 1. The zero-order valence-corrected chi connectivity index (χ0v) is 10.7. The van der Waals surface area contributed by atoms with Crippen LogP contribution in [0.1, 0.15) is 25.7 Å². The van der Waals surface area contributed by atoms with Crippen molar-refractivity contribution >= 4 is 15.9 Å². The molecule has 0 aliphatic carbocycles. The molecule has 2 heterocycles. The zero-order valence-electron chi connectivity index (χ0n) is 9.16. The topological polar surface area (TPSA) is 21.3 Å². The molecule has 2 bridgehead atoms. The average molecular weight is 282 g/mol. The maximum atomic E-state index is 6.03. The fourth-order valence-electron chi connectivity index (χ4n) is 2.81. The molecule has 1 N–H and O–H groups in total. The quantitative estimate of drug-likeness (QED) is 0.900. The van der Waals surface area contributed by atoms with Crippen molar-refractivity contribution in [1.82, 2.24) is 5.32 Å². The standard InChI is InChI=1S/C13H16BrNO/c14-9-1-5-12(6-2-9)16-13-7-10-3-4-11(8-13)15-10/h1-2,5-6,10-11,13,15H,3-4,7-8H2. The second kappa shape index (κ2) is 4.38. The van der Waals surface area contributed by atoms with Gasteiger partial charge < -0.3 is 10.1 Å². The van der Waals surface area contributed by atoms with Crippen molar-refractivity contribution in [1.29, 1.82) is 0 Å².